The van der Waals surface area contributed by atoms with Gasteiger partial charge in [0.25, 0.3) is 15.9 Å². The van der Waals surface area contributed by atoms with Crippen molar-refractivity contribution in [3.8, 4) is 0 Å². The predicted octanol–water partition coefficient (Wildman–Crippen LogP) is 4.39. The summed E-state index contributed by atoms with van der Waals surface area (Å²) in [6.07, 6.45) is 0. The lowest BCUT2D eigenvalue weighted by molar-refractivity contribution is 0.0528. The van der Waals surface area contributed by atoms with E-state index in [0.29, 0.717) is 10.7 Å². The zero-order chi connectivity index (χ0) is 22.4. The Bertz CT molecular complexity index is 1160. The summed E-state index contributed by atoms with van der Waals surface area (Å²) in [5.74, 6) is -0.964. The first-order valence-electron chi connectivity index (χ1n) is 9.62. The van der Waals surface area contributed by atoms with E-state index in [1.807, 2.05) is 6.07 Å². The summed E-state index contributed by atoms with van der Waals surface area (Å²) < 4.78 is 32.4. The van der Waals surface area contributed by atoms with Crippen LogP contribution in [-0.2, 0) is 14.8 Å². The Balaban J connectivity index is 1.79. The molecule has 0 saturated heterocycles. The number of nitrogens with one attached hydrogen (secondary N) is 1. The van der Waals surface area contributed by atoms with Gasteiger partial charge in [0, 0.05) is 12.1 Å². The molecule has 3 rings (SSSR count). The van der Waals surface area contributed by atoms with Gasteiger partial charge in [0.2, 0.25) is 0 Å². The van der Waals surface area contributed by atoms with E-state index in [9.17, 15) is 18.0 Å². The second kappa shape index (κ2) is 9.76. The molecule has 1 heterocycles. The molecule has 7 nitrogen and oxygen atoms in total. The van der Waals surface area contributed by atoms with Crippen molar-refractivity contribution in [3.05, 3.63) is 77.2 Å². The molecular formula is C22H22N2O5S2. The smallest absolute Gasteiger partial charge is 0.341 e. The van der Waals surface area contributed by atoms with Gasteiger partial charge in [-0.05, 0) is 61.7 Å². The molecule has 0 fully saturated rings. The van der Waals surface area contributed by atoms with Gasteiger partial charge in [0.1, 0.15) is 5.00 Å². The van der Waals surface area contributed by atoms with E-state index < -0.39 is 21.9 Å². The first-order valence-corrected chi connectivity index (χ1v) is 11.9. The average molecular weight is 459 g/mol. The van der Waals surface area contributed by atoms with Crippen LogP contribution in [0, 0.1) is 0 Å². The van der Waals surface area contributed by atoms with Crippen molar-refractivity contribution in [2.24, 2.45) is 0 Å². The Morgan fingerprint density at radius 3 is 2.29 bits per heavy atom. The molecule has 0 bridgehead atoms. The van der Waals surface area contributed by atoms with Crippen molar-refractivity contribution < 1.29 is 22.7 Å². The molecule has 1 amide bonds. The van der Waals surface area contributed by atoms with Crippen LogP contribution in [0.4, 0.5) is 10.7 Å². The summed E-state index contributed by atoms with van der Waals surface area (Å²) in [6, 6.07) is 16.1. The quantitative estimate of drug-likeness (QED) is 0.505. The van der Waals surface area contributed by atoms with Crippen LogP contribution < -0.4 is 9.62 Å². The summed E-state index contributed by atoms with van der Waals surface area (Å²) in [6.45, 7) is 3.96. The van der Waals surface area contributed by atoms with E-state index >= 15 is 0 Å². The lowest BCUT2D eigenvalue weighted by atomic mass is 10.2. The number of benzene rings is 2. The number of esters is 1. The van der Waals surface area contributed by atoms with Gasteiger partial charge in [-0.15, -0.1) is 11.3 Å². The normalized spacial score (nSPS) is 11.0. The van der Waals surface area contributed by atoms with Gasteiger partial charge < -0.3 is 10.1 Å². The zero-order valence-electron chi connectivity index (χ0n) is 17.1. The number of amides is 1. The molecule has 0 spiro atoms. The van der Waals surface area contributed by atoms with Crippen molar-refractivity contribution in [1.29, 1.82) is 0 Å². The van der Waals surface area contributed by atoms with Crippen molar-refractivity contribution >= 4 is 43.9 Å². The van der Waals surface area contributed by atoms with Crippen molar-refractivity contribution in [2.45, 2.75) is 18.7 Å². The van der Waals surface area contributed by atoms with Gasteiger partial charge in [-0.3, -0.25) is 9.10 Å². The molecule has 1 N–H and O–H groups in total. The molecule has 0 aliphatic heterocycles. The molecule has 1 aromatic heterocycles. The Kier molecular flexibility index (Phi) is 7.09. The minimum absolute atomic E-state index is 0.0816. The Morgan fingerprint density at radius 2 is 1.68 bits per heavy atom. The number of nitrogens with zero attached hydrogens (tertiary/aromatic N) is 1. The summed E-state index contributed by atoms with van der Waals surface area (Å²) in [5, 5.41) is 4.74. The molecule has 9 heteroatoms. The molecule has 2 aromatic carbocycles. The van der Waals surface area contributed by atoms with Crippen LogP contribution in [0.25, 0.3) is 0 Å². The van der Waals surface area contributed by atoms with E-state index in [0.717, 1.165) is 0 Å². The van der Waals surface area contributed by atoms with Gasteiger partial charge in [0.05, 0.1) is 22.8 Å². The molecule has 0 atom stereocenters. The van der Waals surface area contributed by atoms with E-state index in [1.54, 1.807) is 49.6 Å². The third-order valence-corrected chi connectivity index (χ3v) is 7.17. The van der Waals surface area contributed by atoms with E-state index in [2.05, 4.69) is 5.32 Å². The topological polar surface area (TPSA) is 92.8 Å². The fourth-order valence-electron chi connectivity index (χ4n) is 2.94. The van der Waals surface area contributed by atoms with Crippen LogP contribution in [0.1, 0.15) is 34.6 Å². The number of hydrogen-bond acceptors (Lipinski definition) is 6. The molecule has 0 saturated carbocycles. The fourth-order valence-corrected chi connectivity index (χ4v) is 5.19. The zero-order valence-corrected chi connectivity index (χ0v) is 18.7. The largest absolute Gasteiger partial charge is 0.462 e. The van der Waals surface area contributed by atoms with Gasteiger partial charge in [0.15, 0.2) is 0 Å². The highest BCUT2D eigenvalue weighted by atomic mass is 32.2. The molecule has 3 aromatic rings. The number of thiophene rings is 1. The first kappa shape index (κ1) is 22.5. The summed E-state index contributed by atoms with van der Waals surface area (Å²) in [4.78, 5) is 24.7. The average Bonchev–Trinajstić information content (AvgIpc) is 3.23. The number of carbonyl (C=O) groups excluding carboxylic acids is 2. The molecule has 162 valence electrons. The maximum absolute atomic E-state index is 13.1. The van der Waals surface area contributed by atoms with Crippen LogP contribution in [0.15, 0.2) is 70.9 Å². The minimum Gasteiger partial charge on any atom is -0.462 e. The lowest BCUT2D eigenvalue weighted by Crippen LogP contribution is -2.30. The number of rotatable bonds is 8. The maximum atomic E-state index is 13.1. The molecule has 0 aliphatic carbocycles. The van der Waals surface area contributed by atoms with Gasteiger partial charge in [-0.25, -0.2) is 13.2 Å². The molecule has 0 unspecified atom stereocenters. The summed E-state index contributed by atoms with van der Waals surface area (Å²) in [5.41, 5.74) is 1.11. The number of sulfonamides is 1. The van der Waals surface area contributed by atoms with Gasteiger partial charge in [-0.1, -0.05) is 18.2 Å². The molecule has 0 aliphatic rings. The third-order valence-electron chi connectivity index (χ3n) is 4.42. The Morgan fingerprint density at radius 1 is 1.00 bits per heavy atom. The highest BCUT2D eigenvalue weighted by Gasteiger charge is 2.24. The number of hydrogen-bond donors (Lipinski definition) is 1. The predicted molar refractivity (Wildman–Crippen MR) is 121 cm³/mol. The van der Waals surface area contributed by atoms with E-state index in [4.69, 9.17) is 4.74 Å². The standard InChI is InChI=1S/C22H22N2O5S2/c1-3-24(17-8-6-5-7-9-17)31(27,28)18-12-10-16(11-13-18)20(25)23-21-19(14-15-30-21)22(26)29-4-2/h5-15H,3-4H2,1-2H3,(H,23,25). The lowest BCUT2D eigenvalue weighted by Gasteiger charge is -2.23. The highest BCUT2D eigenvalue weighted by molar-refractivity contribution is 7.92. The number of anilines is 2. The summed E-state index contributed by atoms with van der Waals surface area (Å²) in [7, 11) is -3.78. The van der Waals surface area contributed by atoms with Crippen molar-refractivity contribution in [1.82, 2.24) is 0 Å². The van der Waals surface area contributed by atoms with Gasteiger partial charge in [-0.2, -0.15) is 0 Å². The third kappa shape index (κ3) is 4.95. The van der Waals surface area contributed by atoms with Crippen LogP contribution in [0.2, 0.25) is 0 Å². The van der Waals surface area contributed by atoms with Crippen LogP contribution in [0.5, 0.6) is 0 Å². The minimum atomic E-state index is -3.78. The Hall–Kier alpha value is -3.17. The molecular weight excluding hydrogens is 436 g/mol. The number of para-hydroxylation sites is 1. The van der Waals surface area contributed by atoms with Crippen molar-refractivity contribution in [3.63, 3.8) is 0 Å². The Labute approximate surface area is 185 Å². The maximum Gasteiger partial charge on any atom is 0.341 e. The van der Waals surface area contributed by atoms with Crippen LogP contribution >= 0.6 is 11.3 Å². The SMILES string of the molecule is CCOC(=O)c1ccsc1NC(=O)c1ccc(S(=O)(=O)N(CC)c2ccccc2)cc1. The fraction of sp³-hybridized carbons (Fsp3) is 0.182. The monoisotopic (exact) mass is 458 g/mol. The van der Waals surface area contributed by atoms with Crippen molar-refractivity contribution in [2.75, 3.05) is 22.8 Å². The van der Waals surface area contributed by atoms with E-state index in [1.165, 1.54) is 39.9 Å². The number of ether oxygens (including phenoxy) is 1. The second-order valence-electron chi connectivity index (χ2n) is 6.37. The summed E-state index contributed by atoms with van der Waals surface area (Å²) >= 11 is 1.20. The molecule has 31 heavy (non-hydrogen) atoms. The highest BCUT2D eigenvalue weighted by Crippen LogP contribution is 2.26. The van der Waals surface area contributed by atoms with Crippen LogP contribution in [0.3, 0.4) is 0 Å². The van der Waals surface area contributed by atoms with Gasteiger partial charge >= 0.3 is 5.97 Å². The number of carbonyl (C=O) groups is 2. The van der Waals surface area contributed by atoms with E-state index in [-0.39, 0.29) is 29.2 Å². The first-order chi connectivity index (χ1) is 14.9. The molecule has 0 radical (unpaired) electrons. The second-order valence-corrected chi connectivity index (χ2v) is 9.15. The van der Waals surface area contributed by atoms with Crippen LogP contribution in [-0.4, -0.2) is 33.4 Å².